The van der Waals surface area contributed by atoms with E-state index in [2.05, 4.69) is 21.3 Å². The number of anilines is 1. The second kappa shape index (κ2) is 19.8. The molecule has 0 saturated carbocycles. The lowest BCUT2D eigenvalue weighted by Crippen LogP contribution is -2.54. The predicted octanol–water partition coefficient (Wildman–Crippen LogP) is 2.19. The quantitative estimate of drug-likeness (QED) is 0.123. The number of phenols is 1. The topological polar surface area (TPSA) is 189 Å². The van der Waals surface area contributed by atoms with Crippen LogP contribution in [0.15, 0.2) is 78.9 Å². The van der Waals surface area contributed by atoms with Crippen molar-refractivity contribution in [2.24, 2.45) is 5.73 Å². The Morgan fingerprint density at radius 3 is 2.17 bits per heavy atom. The summed E-state index contributed by atoms with van der Waals surface area (Å²) in [6.07, 6.45) is 2.53. The zero-order valence-corrected chi connectivity index (χ0v) is 27.7. The zero-order valence-electron chi connectivity index (χ0n) is 26.1. The van der Waals surface area contributed by atoms with E-state index in [1.807, 2.05) is 36.6 Å². The van der Waals surface area contributed by atoms with Crippen LogP contribution in [-0.4, -0.2) is 78.5 Å². The maximum absolute atomic E-state index is 13.3. The molecule has 0 unspecified atom stereocenters. The third kappa shape index (κ3) is 13.0. The standard InChI is InChI=1S/C33H39N5O7S.ClH/c1-45-33(44)23-9-6-10-24(19-23)36-32(43)28(18-21-7-4-3-5-8-21)37-29(40)20-35-31(42)27(15-16-46-2)38-30(41)26(34)17-22-11-13-25(39)14-12-22;/h3-14,19,26-28,39H,15-18,20,34H2,1-2H3,(H,35,42)(H,36,43)(H,37,40)(H,38,41);1H/t26-,27+,28-;/m0./s1. The molecule has 0 radical (unpaired) electrons. The van der Waals surface area contributed by atoms with Crippen molar-refractivity contribution < 1.29 is 33.8 Å². The molecule has 12 nitrogen and oxygen atoms in total. The van der Waals surface area contributed by atoms with Crippen molar-refractivity contribution in [3.63, 3.8) is 0 Å². The summed E-state index contributed by atoms with van der Waals surface area (Å²) >= 11 is 1.49. The number of halogens is 1. The number of hydrogen-bond donors (Lipinski definition) is 6. The van der Waals surface area contributed by atoms with Crippen molar-refractivity contribution in [2.75, 3.05) is 31.0 Å². The number of amides is 4. The van der Waals surface area contributed by atoms with Gasteiger partial charge in [-0.1, -0.05) is 48.5 Å². The van der Waals surface area contributed by atoms with Crippen molar-refractivity contribution in [2.45, 2.75) is 37.4 Å². The van der Waals surface area contributed by atoms with Crippen LogP contribution in [0.4, 0.5) is 5.69 Å². The van der Waals surface area contributed by atoms with E-state index >= 15 is 0 Å². The Morgan fingerprint density at radius 1 is 0.830 bits per heavy atom. The van der Waals surface area contributed by atoms with Gasteiger partial charge in [-0.25, -0.2) is 4.79 Å². The fraction of sp³-hybridized carbons (Fsp3) is 0.303. The minimum Gasteiger partial charge on any atom is -0.508 e. The average Bonchev–Trinajstić information content (AvgIpc) is 3.06. The number of hydrogen-bond acceptors (Lipinski definition) is 9. The largest absolute Gasteiger partial charge is 0.508 e. The van der Waals surface area contributed by atoms with Gasteiger partial charge in [-0.15, -0.1) is 12.4 Å². The lowest BCUT2D eigenvalue weighted by Gasteiger charge is -2.22. The van der Waals surface area contributed by atoms with Gasteiger partial charge in [-0.05, 0) is 66.3 Å². The zero-order chi connectivity index (χ0) is 33.5. The molecule has 3 aromatic rings. The normalized spacial score (nSPS) is 12.3. The van der Waals surface area contributed by atoms with Crippen molar-refractivity contribution in [3.8, 4) is 5.75 Å². The lowest BCUT2D eigenvalue weighted by molar-refractivity contribution is -0.131. The van der Waals surface area contributed by atoms with Gasteiger partial charge in [0.05, 0.1) is 25.3 Å². The number of aromatic hydroxyl groups is 1. The van der Waals surface area contributed by atoms with Gasteiger partial charge in [0, 0.05) is 12.1 Å². The highest BCUT2D eigenvalue weighted by Crippen LogP contribution is 2.14. The molecule has 7 N–H and O–H groups in total. The number of benzene rings is 3. The fourth-order valence-electron chi connectivity index (χ4n) is 4.43. The summed E-state index contributed by atoms with van der Waals surface area (Å²) in [5.41, 5.74) is 8.20. The van der Waals surface area contributed by atoms with Crippen LogP contribution in [0.25, 0.3) is 0 Å². The molecule has 0 aliphatic carbocycles. The highest BCUT2D eigenvalue weighted by atomic mass is 35.5. The van der Waals surface area contributed by atoms with E-state index in [4.69, 9.17) is 10.5 Å². The van der Waals surface area contributed by atoms with Gasteiger partial charge in [-0.3, -0.25) is 19.2 Å². The smallest absolute Gasteiger partial charge is 0.337 e. The molecule has 0 spiro atoms. The molecule has 0 aliphatic heterocycles. The molecular formula is C33H40ClN5O7S. The van der Waals surface area contributed by atoms with Gasteiger partial charge in [0.25, 0.3) is 0 Å². The molecule has 3 rings (SSSR count). The first-order valence-corrected chi connectivity index (χ1v) is 15.9. The maximum atomic E-state index is 13.3. The number of carbonyl (C=O) groups is 5. The average molecular weight is 686 g/mol. The number of thioether (sulfide) groups is 1. The third-order valence-corrected chi connectivity index (χ3v) is 7.53. The summed E-state index contributed by atoms with van der Waals surface area (Å²) in [6.45, 7) is -0.444. The van der Waals surface area contributed by atoms with Gasteiger partial charge >= 0.3 is 5.97 Å². The Bertz CT molecular complexity index is 1490. The number of phenolic OH excluding ortho intramolecular Hbond substituents is 1. The van der Waals surface area contributed by atoms with Crippen molar-refractivity contribution >= 4 is 59.5 Å². The van der Waals surface area contributed by atoms with E-state index in [9.17, 15) is 29.1 Å². The minimum atomic E-state index is -1.02. The van der Waals surface area contributed by atoms with Crippen LogP contribution in [0.3, 0.4) is 0 Å². The van der Waals surface area contributed by atoms with Crippen LogP contribution in [0.2, 0.25) is 0 Å². The number of esters is 1. The number of rotatable bonds is 16. The van der Waals surface area contributed by atoms with Gasteiger partial charge in [0.15, 0.2) is 0 Å². The fourth-order valence-corrected chi connectivity index (χ4v) is 4.90. The van der Waals surface area contributed by atoms with E-state index in [0.717, 1.165) is 11.1 Å². The Morgan fingerprint density at radius 2 is 1.51 bits per heavy atom. The summed E-state index contributed by atoms with van der Waals surface area (Å²) in [7, 11) is 1.26. The van der Waals surface area contributed by atoms with Gasteiger partial charge < -0.3 is 36.8 Å². The molecule has 4 amide bonds. The molecule has 0 aromatic heterocycles. The van der Waals surface area contributed by atoms with E-state index in [-0.39, 0.29) is 36.6 Å². The van der Waals surface area contributed by atoms with Crippen molar-refractivity contribution in [1.29, 1.82) is 0 Å². The van der Waals surface area contributed by atoms with Crippen LogP contribution in [0, 0.1) is 0 Å². The van der Waals surface area contributed by atoms with E-state index in [0.29, 0.717) is 17.9 Å². The second-order valence-corrected chi connectivity index (χ2v) is 11.4. The summed E-state index contributed by atoms with van der Waals surface area (Å²) in [5, 5.41) is 20.1. The summed E-state index contributed by atoms with van der Waals surface area (Å²) in [4.78, 5) is 64.1. The Hall–Kier alpha value is -4.59. The molecule has 252 valence electrons. The van der Waals surface area contributed by atoms with Gasteiger partial charge in [-0.2, -0.15) is 11.8 Å². The van der Waals surface area contributed by atoms with E-state index in [1.54, 1.807) is 30.3 Å². The number of carbonyl (C=O) groups excluding carboxylic acids is 5. The molecule has 14 heteroatoms. The molecule has 0 aliphatic rings. The van der Waals surface area contributed by atoms with Crippen molar-refractivity contribution in [3.05, 3.63) is 95.6 Å². The third-order valence-electron chi connectivity index (χ3n) is 6.88. The van der Waals surface area contributed by atoms with Crippen molar-refractivity contribution in [1.82, 2.24) is 16.0 Å². The number of ether oxygens (including phenoxy) is 1. The summed E-state index contributed by atoms with van der Waals surface area (Å²) in [6, 6.07) is 18.7. The number of methoxy groups -OCH3 is 1. The van der Waals surface area contributed by atoms with Crippen LogP contribution in [-0.2, 0) is 36.8 Å². The molecule has 0 fully saturated rings. The Kier molecular flexibility index (Phi) is 16.3. The molecule has 3 aromatic carbocycles. The second-order valence-electron chi connectivity index (χ2n) is 10.4. The van der Waals surface area contributed by atoms with Gasteiger partial charge in [0.2, 0.25) is 23.6 Å². The SMILES string of the molecule is COC(=O)c1cccc(NC(=O)[C@H](Cc2ccccc2)NC(=O)CNC(=O)[C@@H](CCSC)NC(=O)[C@@H](N)Cc2ccc(O)cc2)c1.Cl. The minimum absolute atomic E-state index is 0. The first kappa shape index (κ1) is 38.6. The Labute approximate surface area is 284 Å². The predicted molar refractivity (Wildman–Crippen MR) is 183 cm³/mol. The molecule has 0 bridgehead atoms. The highest BCUT2D eigenvalue weighted by molar-refractivity contribution is 7.98. The van der Waals surface area contributed by atoms with Crippen LogP contribution < -0.4 is 27.0 Å². The summed E-state index contributed by atoms with van der Waals surface area (Å²) in [5.74, 6) is -2.16. The first-order valence-electron chi connectivity index (χ1n) is 14.5. The lowest BCUT2D eigenvalue weighted by atomic mass is 10.0. The molecule has 0 heterocycles. The van der Waals surface area contributed by atoms with E-state index < -0.39 is 54.3 Å². The maximum Gasteiger partial charge on any atom is 0.337 e. The van der Waals surface area contributed by atoms with Crippen LogP contribution >= 0.6 is 24.2 Å². The number of nitrogens with one attached hydrogen (secondary N) is 4. The van der Waals surface area contributed by atoms with Gasteiger partial charge in [0.1, 0.15) is 17.8 Å². The monoisotopic (exact) mass is 685 g/mol. The molecule has 3 atom stereocenters. The summed E-state index contributed by atoms with van der Waals surface area (Å²) < 4.78 is 4.74. The molecule has 47 heavy (non-hydrogen) atoms. The molecule has 0 saturated heterocycles. The van der Waals surface area contributed by atoms with Crippen LogP contribution in [0.5, 0.6) is 5.75 Å². The number of nitrogens with two attached hydrogens (primary N) is 1. The van der Waals surface area contributed by atoms with Crippen LogP contribution in [0.1, 0.15) is 27.9 Å². The molecular weight excluding hydrogens is 646 g/mol. The highest BCUT2D eigenvalue weighted by Gasteiger charge is 2.26. The Balaban J connectivity index is 0.00000768. The first-order chi connectivity index (χ1) is 22.1. The van der Waals surface area contributed by atoms with E-state index in [1.165, 1.54) is 37.1 Å².